The van der Waals surface area contributed by atoms with Crippen LogP contribution in [0.1, 0.15) is 42.1 Å². The van der Waals surface area contributed by atoms with E-state index in [4.69, 9.17) is 4.74 Å². The maximum absolute atomic E-state index is 12.7. The average molecular weight is 290 g/mol. The van der Waals surface area contributed by atoms with Gasteiger partial charge < -0.3 is 15.0 Å². The molecule has 4 heteroatoms. The van der Waals surface area contributed by atoms with Gasteiger partial charge in [-0.3, -0.25) is 4.79 Å². The van der Waals surface area contributed by atoms with Crippen molar-refractivity contribution >= 4 is 11.6 Å². The summed E-state index contributed by atoms with van der Waals surface area (Å²) in [5.41, 5.74) is 2.91. The number of hydrogen-bond acceptors (Lipinski definition) is 3. The first-order chi connectivity index (χ1) is 10.2. The number of rotatable bonds is 5. The van der Waals surface area contributed by atoms with Crippen LogP contribution in [0.5, 0.6) is 0 Å². The van der Waals surface area contributed by atoms with Crippen molar-refractivity contribution in [2.24, 2.45) is 0 Å². The van der Waals surface area contributed by atoms with E-state index in [1.165, 1.54) is 0 Å². The first-order valence-electron chi connectivity index (χ1n) is 7.82. The Bertz CT molecular complexity index is 488. The van der Waals surface area contributed by atoms with Gasteiger partial charge in [-0.2, -0.15) is 0 Å². The molecule has 1 aromatic carbocycles. The van der Waals surface area contributed by atoms with Crippen molar-refractivity contribution in [1.82, 2.24) is 4.90 Å². The molecule has 116 valence electrons. The summed E-state index contributed by atoms with van der Waals surface area (Å²) < 4.78 is 5.40. The van der Waals surface area contributed by atoms with Crippen LogP contribution in [0.3, 0.4) is 0 Å². The fraction of sp³-hybridized carbons (Fsp3) is 0.588. The van der Waals surface area contributed by atoms with Crippen LogP contribution in [0, 0.1) is 6.92 Å². The van der Waals surface area contributed by atoms with E-state index in [0.717, 1.165) is 49.2 Å². The average Bonchev–Trinajstić information content (AvgIpc) is 2.52. The topological polar surface area (TPSA) is 41.6 Å². The zero-order chi connectivity index (χ0) is 15.2. The quantitative estimate of drug-likeness (QED) is 0.906. The summed E-state index contributed by atoms with van der Waals surface area (Å²) in [6.07, 6.45) is 3.32. The highest BCUT2D eigenvalue weighted by molar-refractivity contribution is 5.96. The molecule has 1 atom stereocenters. The number of aryl methyl sites for hydroxylation is 1. The molecule has 1 amide bonds. The second-order valence-electron chi connectivity index (χ2n) is 5.71. The number of amides is 1. The van der Waals surface area contributed by atoms with Gasteiger partial charge in [0.15, 0.2) is 0 Å². The Kier molecular flexibility index (Phi) is 5.62. The molecule has 1 unspecified atom stereocenters. The van der Waals surface area contributed by atoms with Gasteiger partial charge >= 0.3 is 0 Å². The minimum absolute atomic E-state index is 0.122. The van der Waals surface area contributed by atoms with Crippen LogP contribution in [-0.4, -0.2) is 43.7 Å². The van der Waals surface area contributed by atoms with Crippen molar-refractivity contribution in [3.63, 3.8) is 0 Å². The predicted octanol–water partition coefficient (Wildman–Crippen LogP) is 3.07. The summed E-state index contributed by atoms with van der Waals surface area (Å²) in [6, 6.07) is 5.99. The number of ether oxygens (including phenoxy) is 1. The summed E-state index contributed by atoms with van der Waals surface area (Å²) >= 11 is 0. The zero-order valence-electron chi connectivity index (χ0n) is 13.3. The third kappa shape index (κ3) is 3.97. The lowest BCUT2D eigenvalue weighted by Crippen LogP contribution is -2.43. The molecule has 0 aromatic heterocycles. The molecule has 1 aromatic rings. The predicted molar refractivity (Wildman–Crippen MR) is 85.9 cm³/mol. The Morgan fingerprint density at radius 1 is 1.48 bits per heavy atom. The van der Waals surface area contributed by atoms with Gasteiger partial charge in [0.05, 0.1) is 6.10 Å². The monoisotopic (exact) mass is 290 g/mol. The molecule has 1 saturated heterocycles. The largest absolute Gasteiger partial charge is 0.385 e. The second kappa shape index (κ2) is 7.46. The minimum atomic E-state index is 0.122. The molecule has 4 nitrogen and oxygen atoms in total. The van der Waals surface area contributed by atoms with E-state index >= 15 is 0 Å². The smallest absolute Gasteiger partial charge is 0.254 e. The number of hydrogen-bond donors (Lipinski definition) is 1. The molecule has 1 aliphatic rings. The van der Waals surface area contributed by atoms with Gasteiger partial charge in [0.2, 0.25) is 0 Å². The van der Waals surface area contributed by atoms with Gasteiger partial charge in [-0.1, -0.05) is 6.92 Å². The van der Waals surface area contributed by atoms with E-state index in [2.05, 4.69) is 18.3 Å². The second-order valence-corrected chi connectivity index (χ2v) is 5.71. The molecule has 0 spiro atoms. The molecule has 1 fully saturated rings. The Hall–Kier alpha value is -1.55. The van der Waals surface area contributed by atoms with Gasteiger partial charge in [-0.25, -0.2) is 0 Å². The lowest BCUT2D eigenvalue weighted by Gasteiger charge is -2.32. The van der Waals surface area contributed by atoms with Crippen LogP contribution in [0.4, 0.5) is 5.69 Å². The third-order valence-electron chi connectivity index (χ3n) is 4.03. The van der Waals surface area contributed by atoms with Gasteiger partial charge in [0, 0.05) is 38.0 Å². The number of carbonyl (C=O) groups is 1. The van der Waals surface area contributed by atoms with Gasteiger partial charge in [-0.05, 0) is 49.9 Å². The minimum Gasteiger partial charge on any atom is -0.385 e. The normalized spacial score (nSPS) is 18.6. The van der Waals surface area contributed by atoms with Crippen LogP contribution in [0.15, 0.2) is 18.2 Å². The summed E-state index contributed by atoms with van der Waals surface area (Å²) in [4.78, 5) is 14.6. The van der Waals surface area contributed by atoms with Crippen molar-refractivity contribution in [2.45, 2.75) is 39.2 Å². The zero-order valence-corrected chi connectivity index (χ0v) is 13.3. The summed E-state index contributed by atoms with van der Waals surface area (Å²) in [5.74, 6) is 0.122. The van der Waals surface area contributed by atoms with Crippen LogP contribution in [0.25, 0.3) is 0 Å². The van der Waals surface area contributed by atoms with E-state index < -0.39 is 0 Å². The van der Waals surface area contributed by atoms with Crippen molar-refractivity contribution in [3.05, 3.63) is 29.3 Å². The summed E-state index contributed by atoms with van der Waals surface area (Å²) in [5, 5.41) is 3.35. The number of benzene rings is 1. The van der Waals surface area contributed by atoms with Crippen LogP contribution in [-0.2, 0) is 4.74 Å². The van der Waals surface area contributed by atoms with E-state index in [9.17, 15) is 4.79 Å². The van der Waals surface area contributed by atoms with Crippen molar-refractivity contribution in [3.8, 4) is 0 Å². The standard InChI is InChI=1S/C17H26N2O2/c1-4-9-18-14-7-8-16(13(2)11-14)17(20)19-10-5-6-15(12-19)21-3/h7-8,11,15,18H,4-6,9-10,12H2,1-3H3. The van der Waals surface area contributed by atoms with E-state index in [1.807, 2.05) is 24.0 Å². The Morgan fingerprint density at radius 2 is 2.29 bits per heavy atom. The molecule has 1 aliphatic heterocycles. The number of nitrogens with zero attached hydrogens (tertiary/aromatic N) is 1. The van der Waals surface area contributed by atoms with Crippen LogP contribution < -0.4 is 5.32 Å². The lowest BCUT2D eigenvalue weighted by atomic mass is 10.0. The van der Waals surface area contributed by atoms with E-state index in [1.54, 1.807) is 7.11 Å². The SMILES string of the molecule is CCCNc1ccc(C(=O)N2CCCC(OC)C2)c(C)c1. The van der Waals surface area contributed by atoms with E-state index in [0.29, 0.717) is 6.54 Å². The number of piperidine rings is 1. The van der Waals surface area contributed by atoms with Crippen molar-refractivity contribution in [2.75, 3.05) is 32.1 Å². The Labute approximate surface area is 127 Å². The van der Waals surface area contributed by atoms with E-state index in [-0.39, 0.29) is 12.0 Å². The van der Waals surface area contributed by atoms with Crippen molar-refractivity contribution < 1.29 is 9.53 Å². The highest BCUT2D eigenvalue weighted by Crippen LogP contribution is 2.20. The van der Waals surface area contributed by atoms with Crippen LogP contribution in [0.2, 0.25) is 0 Å². The number of carbonyl (C=O) groups excluding carboxylic acids is 1. The maximum Gasteiger partial charge on any atom is 0.254 e. The van der Waals surface area contributed by atoms with Gasteiger partial charge in [-0.15, -0.1) is 0 Å². The number of methoxy groups -OCH3 is 1. The number of likely N-dealkylation sites (tertiary alicyclic amines) is 1. The first kappa shape index (κ1) is 15.8. The first-order valence-corrected chi connectivity index (χ1v) is 7.82. The lowest BCUT2D eigenvalue weighted by molar-refractivity contribution is 0.0268. The van der Waals surface area contributed by atoms with Crippen molar-refractivity contribution in [1.29, 1.82) is 0 Å². The molecule has 21 heavy (non-hydrogen) atoms. The molecular formula is C17H26N2O2. The van der Waals surface area contributed by atoms with Gasteiger partial charge in [0.1, 0.15) is 0 Å². The molecule has 0 radical (unpaired) electrons. The Morgan fingerprint density at radius 3 is 2.95 bits per heavy atom. The summed E-state index contributed by atoms with van der Waals surface area (Å²) in [7, 11) is 1.72. The fourth-order valence-electron chi connectivity index (χ4n) is 2.77. The maximum atomic E-state index is 12.7. The number of anilines is 1. The molecule has 0 saturated carbocycles. The Balaban J connectivity index is 2.08. The number of nitrogens with one attached hydrogen (secondary N) is 1. The molecule has 2 rings (SSSR count). The highest BCUT2D eigenvalue weighted by Gasteiger charge is 2.25. The third-order valence-corrected chi connectivity index (χ3v) is 4.03. The highest BCUT2D eigenvalue weighted by atomic mass is 16.5. The molecule has 1 heterocycles. The summed E-state index contributed by atoms with van der Waals surface area (Å²) in [6.45, 7) is 6.62. The molecule has 0 aliphatic carbocycles. The van der Waals surface area contributed by atoms with Gasteiger partial charge in [0.25, 0.3) is 5.91 Å². The molecular weight excluding hydrogens is 264 g/mol. The van der Waals surface area contributed by atoms with Crippen LogP contribution >= 0.6 is 0 Å². The molecule has 0 bridgehead atoms. The molecule has 1 N–H and O–H groups in total. The fourth-order valence-corrected chi connectivity index (χ4v) is 2.77.